The Morgan fingerprint density at radius 2 is 2.17 bits per heavy atom. The Hall–Kier alpha value is -2.94. The number of aryl methyl sites for hydroxylation is 1. The monoisotopic (exact) mass is 408 g/mol. The zero-order valence-corrected chi connectivity index (χ0v) is 17.0. The Labute approximate surface area is 172 Å². The van der Waals surface area contributed by atoms with Crippen molar-refractivity contribution in [3.63, 3.8) is 0 Å². The van der Waals surface area contributed by atoms with Crippen LogP contribution in [0, 0.1) is 6.92 Å². The average Bonchev–Trinajstić information content (AvgIpc) is 3.37. The van der Waals surface area contributed by atoms with Gasteiger partial charge in [0.2, 0.25) is 11.7 Å². The summed E-state index contributed by atoms with van der Waals surface area (Å²) in [6.07, 6.45) is 5.73. The van der Waals surface area contributed by atoms with Crippen molar-refractivity contribution in [3.05, 3.63) is 41.9 Å². The summed E-state index contributed by atoms with van der Waals surface area (Å²) in [6.45, 7) is 3.28. The summed E-state index contributed by atoms with van der Waals surface area (Å²) >= 11 is 1.49. The molecule has 0 unspecified atom stereocenters. The first kappa shape index (κ1) is 18.1. The highest BCUT2D eigenvalue weighted by atomic mass is 32.2. The molecule has 0 spiro atoms. The van der Waals surface area contributed by atoms with E-state index in [2.05, 4.69) is 25.0 Å². The normalized spacial score (nSPS) is 18.6. The third kappa shape index (κ3) is 3.15. The molecule has 148 valence electrons. The summed E-state index contributed by atoms with van der Waals surface area (Å²) in [4.78, 5) is 30.9. The topological polar surface area (TPSA) is 88.2 Å². The van der Waals surface area contributed by atoms with E-state index < -0.39 is 0 Å². The van der Waals surface area contributed by atoms with Crippen LogP contribution in [0.4, 0.5) is 11.5 Å². The lowest BCUT2D eigenvalue weighted by atomic mass is 10.1. The molecule has 5 rings (SSSR count). The lowest BCUT2D eigenvalue weighted by Gasteiger charge is -2.27. The lowest BCUT2D eigenvalue weighted by Crippen LogP contribution is -2.39. The minimum atomic E-state index is -0.0801. The molecule has 2 aromatic heterocycles. The summed E-state index contributed by atoms with van der Waals surface area (Å²) in [5.41, 5.74) is 2.17. The molecule has 0 N–H and O–H groups in total. The predicted molar refractivity (Wildman–Crippen MR) is 110 cm³/mol. The van der Waals surface area contributed by atoms with E-state index in [0.29, 0.717) is 29.0 Å². The van der Waals surface area contributed by atoms with Gasteiger partial charge in [-0.1, -0.05) is 29.1 Å². The second-order valence-corrected chi connectivity index (χ2v) is 7.96. The molecule has 1 fully saturated rings. The van der Waals surface area contributed by atoms with E-state index in [9.17, 15) is 4.79 Å². The number of carbonyl (C=O) groups is 1. The number of fused-ring (bicyclic) bond motifs is 3. The van der Waals surface area contributed by atoms with Gasteiger partial charge in [-0.05, 0) is 31.2 Å². The maximum absolute atomic E-state index is 13.5. The molecule has 0 bridgehead atoms. The third-order valence-electron chi connectivity index (χ3n) is 5.39. The smallest absolute Gasteiger partial charge is 0.263 e. The molecule has 1 aromatic carbocycles. The third-order valence-corrected chi connectivity index (χ3v) is 5.95. The maximum atomic E-state index is 13.5. The highest BCUT2D eigenvalue weighted by molar-refractivity contribution is 7.98. The van der Waals surface area contributed by atoms with Gasteiger partial charge in [-0.2, -0.15) is 4.98 Å². The first-order valence-corrected chi connectivity index (χ1v) is 10.8. The molecule has 0 saturated carbocycles. The Kier molecular flexibility index (Phi) is 4.46. The van der Waals surface area contributed by atoms with Crippen molar-refractivity contribution in [3.8, 4) is 11.4 Å². The van der Waals surface area contributed by atoms with Crippen LogP contribution >= 0.6 is 11.8 Å². The van der Waals surface area contributed by atoms with Crippen molar-refractivity contribution in [2.75, 3.05) is 29.1 Å². The number of aromatic nitrogens is 4. The first-order chi connectivity index (χ1) is 14.1. The summed E-state index contributed by atoms with van der Waals surface area (Å²) in [7, 11) is 0. The molecular weight excluding hydrogens is 388 g/mol. The Morgan fingerprint density at radius 3 is 2.97 bits per heavy atom. The average molecular weight is 408 g/mol. The van der Waals surface area contributed by atoms with Crippen LogP contribution in [-0.2, 0) is 0 Å². The SMILES string of the molecule is CSc1ncc2c(n1)N1CCC[C@H]1CN(c1cccc(-c3noc(C)n3)c1)C2=O. The molecule has 3 aromatic rings. The molecule has 1 atom stereocenters. The number of anilines is 2. The highest BCUT2D eigenvalue weighted by Gasteiger charge is 2.37. The second kappa shape index (κ2) is 7.14. The van der Waals surface area contributed by atoms with Gasteiger partial charge in [0.15, 0.2) is 5.16 Å². The molecule has 2 aliphatic rings. The molecule has 1 saturated heterocycles. The van der Waals surface area contributed by atoms with Gasteiger partial charge in [0.25, 0.3) is 5.91 Å². The Balaban J connectivity index is 1.58. The van der Waals surface area contributed by atoms with Crippen molar-refractivity contribution < 1.29 is 9.32 Å². The Morgan fingerprint density at radius 1 is 1.28 bits per heavy atom. The number of hydrogen-bond donors (Lipinski definition) is 0. The van der Waals surface area contributed by atoms with Crippen molar-refractivity contribution in [1.29, 1.82) is 0 Å². The number of thioether (sulfide) groups is 1. The van der Waals surface area contributed by atoms with Crippen molar-refractivity contribution in [2.45, 2.75) is 31.0 Å². The summed E-state index contributed by atoms with van der Waals surface area (Å²) in [5, 5.41) is 4.68. The Bertz CT molecular complexity index is 1080. The van der Waals surface area contributed by atoms with Crippen molar-refractivity contribution in [2.24, 2.45) is 0 Å². The minimum Gasteiger partial charge on any atom is -0.351 e. The summed E-state index contributed by atoms with van der Waals surface area (Å²) < 4.78 is 5.10. The molecule has 2 aliphatic heterocycles. The second-order valence-electron chi connectivity index (χ2n) is 7.19. The van der Waals surface area contributed by atoms with Gasteiger partial charge in [0.1, 0.15) is 11.4 Å². The molecule has 29 heavy (non-hydrogen) atoms. The quantitative estimate of drug-likeness (QED) is 0.482. The van der Waals surface area contributed by atoms with Crippen LogP contribution in [0.2, 0.25) is 0 Å². The molecule has 8 nitrogen and oxygen atoms in total. The summed E-state index contributed by atoms with van der Waals surface area (Å²) in [6, 6.07) is 7.94. The van der Waals surface area contributed by atoms with Crippen LogP contribution in [0.3, 0.4) is 0 Å². The van der Waals surface area contributed by atoms with E-state index in [4.69, 9.17) is 4.52 Å². The van der Waals surface area contributed by atoms with Gasteiger partial charge >= 0.3 is 0 Å². The number of carbonyl (C=O) groups excluding carboxylic acids is 1. The van der Waals surface area contributed by atoms with Crippen LogP contribution in [0.15, 0.2) is 40.1 Å². The van der Waals surface area contributed by atoms with E-state index >= 15 is 0 Å². The molecule has 1 amide bonds. The fourth-order valence-electron chi connectivity index (χ4n) is 4.02. The molecule has 0 aliphatic carbocycles. The van der Waals surface area contributed by atoms with Crippen molar-refractivity contribution in [1.82, 2.24) is 20.1 Å². The molecule has 0 radical (unpaired) electrons. The van der Waals surface area contributed by atoms with Crippen LogP contribution in [0.25, 0.3) is 11.4 Å². The highest BCUT2D eigenvalue weighted by Crippen LogP contribution is 2.35. The number of hydrogen-bond acceptors (Lipinski definition) is 8. The zero-order valence-electron chi connectivity index (χ0n) is 16.2. The number of rotatable bonds is 3. The van der Waals surface area contributed by atoms with Crippen LogP contribution in [0.1, 0.15) is 29.1 Å². The van der Waals surface area contributed by atoms with E-state index in [1.165, 1.54) is 11.8 Å². The first-order valence-electron chi connectivity index (χ1n) is 9.54. The molecule has 9 heteroatoms. The van der Waals surface area contributed by atoms with Gasteiger partial charge in [-0.3, -0.25) is 4.79 Å². The number of benzene rings is 1. The van der Waals surface area contributed by atoms with Gasteiger partial charge in [-0.25, -0.2) is 9.97 Å². The molecular formula is C20H20N6O2S. The fraction of sp³-hybridized carbons (Fsp3) is 0.350. The zero-order chi connectivity index (χ0) is 20.0. The van der Waals surface area contributed by atoms with E-state index in [0.717, 1.165) is 36.5 Å². The summed E-state index contributed by atoms with van der Waals surface area (Å²) in [5.74, 6) is 1.70. The van der Waals surface area contributed by atoms with Crippen molar-refractivity contribution >= 4 is 29.2 Å². The lowest BCUT2D eigenvalue weighted by molar-refractivity contribution is 0.0988. The van der Waals surface area contributed by atoms with Crippen LogP contribution in [0.5, 0.6) is 0 Å². The van der Waals surface area contributed by atoms with Crippen LogP contribution < -0.4 is 9.80 Å². The largest absolute Gasteiger partial charge is 0.351 e. The van der Waals surface area contributed by atoms with E-state index in [-0.39, 0.29) is 11.9 Å². The van der Waals surface area contributed by atoms with Crippen LogP contribution in [-0.4, -0.2) is 51.4 Å². The van der Waals surface area contributed by atoms with Gasteiger partial charge in [0, 0.05) is 43.5 Å². The molecule has 4 heterocycles. The van der Waals surface area contributed by atoms with E-state index in [1.54, 1.807) is 13.1 Å². The van der Waals surface area contributed by atoms with Gasteiger partial charge < -0.3 is 14.3 Å². The minimum absolute atomic E-state index is 0.0801. The van der Waals surface area contributed by atoms with Gasteiger partial charge in [0.05, 0.1) is 0 Å². The maximum Gasteiger partial charge on any atom is 0.263 e. The fourth-order valence-corrected chi connectivity index (χ4v) is 4.36. The number of amides is 1. The standard InChI is InChI=1S/C20H20N6O2S/c1-12-22-17(24-28-12)13-5-3-6-14(9-13)26-11-15-7-4-8-25(15)18-16(19(26)27)10-21-20(23-18)29-2/h3,5-6,9-10,15H,4,7-8,11H2,1-2H3/t15-/m0/s1. The van der Waals surface area contributed by atoms with E-state index in [1.807, 2.05) is 35.4 Å². The van der Waals surface area contributed by atoms with Gasteiger partial charge in [-0.15, -0.1) is 0 Å². The predicted octanol–water partition coefficient (Wildman–Crippen LogP) is 3.19. The number of nitrogens with zero attached hydrogens (tertiary/aromatic N) is 6.